The van der Waals surface area contributed by atoms with Gasteiger partial charge in [-0.2, -0.15) is 0 Å². The molecule has 0 aliphatic carbocycles. The van der Waals surface area contributed by atoms with Gasteiger partial charge < -0.3 is 14.6 Å². The van der Waals surface area contributed by atoms with Gasteiger partial charge in [0.15, 0.2) is 11.6 Å². The molecule has 0 unspecified atom stereocenters. The number of ether oxygens (including phenoxy) is 2. The van der Waals surface area contributed by atoms with Crippen molar-refractivity contribution in [3.8, 4) is 5.75 Å². The molecule has 0 radical (unpaired) electrons. The topological polar surface area (TPSA) is 98.9 Å². The van der Waals surface area contributed by atoms with E-state index in [0.29, 0.717) is 12.5 Å². The number of halogens is 1. The summed E-state index contributed by atoms with van der Waals surface area (Å²) >= 11 is 0. The molecule has 0 amide bonds. The predicted molar refractivity (Wildman–Crippen MR) is 71.2 cm³/mol. The van der Waals surface area contributed by atoms with Gasteiger partial charge in [0.2, 0.25) is 0 Å². The fourth-order valence-corrected chi connectivity index (χ4v) is 1.48. The minimum absolute atomic E-state index is 0.0780. The molecule has 0 fully saturated rings. The summed E-state index contributed by atoms with van der Waals surface area (Å²) in [6, 6.07) is 1.36. The van der Waals surface area contributed by atoms with E-state index in [9.17, 15) is 19.3 Å². The van der Waals surface area contributed by atoms with Crippen molar-refractivity contribution >= 4 is 11.7 Å². The van der Waals surface area contributed by atoms with Crippen LogP contribution in [0.2, 0.25) is 0 Å². The number of methoxy groups -OCH3 is 1. The maximum atomic E-state index is 13.7. The molecule has 1 N–H and O–H groups in total. The quantitative estimate of drug-likeness (QED) is 0.614. The molecular weight excluding hydrogens is 285 g/mol. The minimum Gasteiger partial charge on any atom is -0.490 e. The van der Waals surface area contributed by atoms with Gasteiger partial charge in [0.1, 0.15) is 5.56 Å². The fourth-order valence-electron chi connectivity index (χ4n) is 1.48. The highest BCUT2D eigenvalue weighted by Crippen LogP contribution is 2.28. The molecule has 0 bridgehead atoms. The molecule has 0 aliphatic rings. The number of carbonyl (C=O) groups is 1. The Balaban J connectivity index is 2.96. The monoisotopic (exact) mass is 301 g/mol. The van der Waals surface area contributed by atoms with Crippen LogP contribution in [0.5, 0.6) is 5.75 Å². The van der Waals surface area contributed by atoms with E-state index >= 15 is 0 Å². The van der Waals surface area contributed by atoms with Crippen molar-refractivity contribution in [1.29, 1.82) is 0 Å². The molecule has 21 heavy (non-hydrogen) atoms. The number of nitrogens with zero attached hydrogens (tertiary/aromatic N) is 1. The highest BCUT2D eigenvalue weighted by molar-refractivity contribution is 5.92. The van der Waals surface area contributed by atoms with Gasteiger partial charge in [-0.1, -0.05) is 0 Å². The molecule has 1 rings (SSSR count). The number of carboxylic acid groups (broad SMARTS) is 1. The molecule has 116 valence electrons. The Labute approximate surface area is 120 Å². The van der Waals surface area contributed by atoms with E-state index in [0.717, 1.165) is 6.07 Å². The number of nitro groups is 1. The van der Waals surface area contributed by atoms with Gasteiger partial charge in [0.05, 0.1) is 23.2 Å². The number of rotatable bonds is 7. The first-order valence-corrected chi connectivity index (χ1v) is 6.07. The first-order valence-electron chi connectivity index (χ1n) is 6.07. The lowest BCUT2D eigenvalue weighted by Crippen LogP contribution is -2.25. The molecule has 0 spiro atoms. The van der Waals surface area contributed by atoms with Crippen LogP contribution in [0, 0.1) is 15.9 Å². The van der Waals surface area contributed by atoms with Crippen molar-refractivity contribution in [1.82, 2.24) is 0 Å². The van der Waals surface area contributed by atoms with Crippen molar-refractivity contribution in [2.75, 3.05) is 13.7 Å². The molecule has 0 atom stereocenters. The van der Waals surface area contributed by atoms with Crippen LogP contribution in [0.15, 0.2) is 12.1 Å². The third-order valence-corrected chi connectivity index (χ3v) is 2.99. The Morgan fingerprint density at radius 1 is 1.48 bits per heavy atom. The van der Waals surface area contributed by atoms with Gasteiger partial charge in [-0.3, -0.25) is 10.1 Å². The van der Waals surface area contributed by atoms with E-state index < -0.39 is 33.6 Å². The second kappa shape index (κ2) is 6.49. The number of hydrogen-bond acceptors (Lipinski definition) is 5. The van der Waals surface area contributed by atoms with Crippen LogP contribution in [0.4, 0.5) is 10.1 Å². The first-order chi connectivity index (χ1) is 9.68. The lowest BCUT2D eigenvalue weighted by molar-refractivity contribution is -0.385. The van der Waals surface area contributed by atoms with Crippen LogP contribution in [-0.4, -0.2) is 35.3 Å². The van der Waals surface area contributed by atoms with Crippen LogP contribution in [0.1, 0.15) is 30.6 Å². The highest BCUT2D eigenvalue weighted by Gasteiger charge is 2.24. The lowest BCUT2D eigenvalue weighted by atomic mass is 10.1. The molecule has 0 saturated heterocycles. The number of aromatic carboxylic acids is 1. The Bertz CT molecular complexity index is 558. The molecule has 7 nitrogen and oxygen atoms in total. The zero-order chi connectivity index (χ0) is 16.2. The summed E-state index contributed by atoms with van der Waals surface area (Å²) in [7, 11) is 1.52. The summed E-state index contributed by atoms with van der Waals surface area (Å²) in [5, 5.41) is 19.6. The summed E-state index contributed by atoms with van der Waals surface area (Å²) in [5.41, 5.74) is -1.92. The maximum absolute atomic E-state index is 13.7. The van der Waals surface area contributed by atoms with E-state index in [4.69, 9.17) is 14.6 Å². The zero-order valence-electron chi connectivity index (χ0n) is 11.9. The maximum Gasteiger partial charge on any atom is 0.342 e. The van der Waals surface area contributed by atoms with Crippen molar-refractivity contribution < 1.29 is 28.7 Å². The van der Waals surface area contributed by atoms with Crippen molar-refractivity contribution in [3.05, 3.63) is 33.6 Å². The first kappa shape index (κ1) is 16.8. The zero-order valence-corrected chi connectivity index (χ0v) is 11.9. The van der Waals surface area contributed by atoms with Crippen LogP contribution >= 0.6 is 0 Å². The molecule has 0 aromatic heterocycles. The van der Waals surface area contributed by atoms with Gasteiger partial charge in [0, 0.05) is 19.6 Å². The smallest absolute Gasteiger partial charge is 0.342 e. The molecule has 8 heteroatoms. The molecule has 1 aromatic carbocycles. The standard InChI is InChI=1S/C13H16FNO6/c1-13(2,20-3)4-5-21-11-6-8(12(16)17)10(15(18)19)7-9(11)14/h6-7H,4-5H2,1-3H3,(H,16,17). The van der Waals surface area contributed by atoms with E-state index in [1.54, 1.807) is 0 Å². The summed E-state index contributed by atoms with van der Waals surface area (Å²) in [5.74, 6) is -2.85. The van der Waals surface area contributed by atoms with E-state index in [1.807, 2.05) is 13.8 Å². The van der Waals surface area contributed by atoms with Gasteiger partial charge >= 0.3 is 5.97 Å². The number of benzene rings is 1. The van der Waals surface area contributed by atoms with Crippen LogP contribution in [-0.2, 0) is 4.74 Å². The molecular formula is C13H16FNO6. The number of carboxylic acids is 1. The Hall–Kier alpha value is -2.22. The van der Waals surface area contributed by atoms with Crippen molar-refractivity contribution in [3.63, 3.8) is 0 Å². The van der Waals surface area contributed by atoms with Gasteiger partial charge in [-0.15, -0.1) is 0 Å². The summed E-state index contributed by atoms with van der Waals surface area (Å²) in [6.45, 7) is 3.70. The van der Waals surface area contributed by atoms with Gasteiger partial charge in [-0.05, 0) is 13.8 Å². The van der Waals surface area contributed by atoms with E-state index in [1.165, 1.54) is 7.11 Å². The Kier molecular flexibility index (Phi) is 5.20. The summed E-state index contributed by atoms with van der Waals surface area (Å²) in [4.78, 5) is 20.7. The molecule has 0 heterocycles. The molecule has 1 aromatic rings. The van der Waals surface area contributed by atoms with Crippen LogP contribution < -0.4 is 4.74 Å². The molecule has 0 saturated carbocycles. The van der Waals surface area contributed by atoms with Crippen LogP contribution in [0.25, 0.3) is 0 Å². The van der Waals surface area contributed by atoms with Gasteiger partial charge in [0.25, 0.3) is 5.69 Å². The van der Waals surface area contributed by atoms with Crippen molar-refractivity contribution in [2.45, 2.75) is 25.9 Å². The molecule has 0 aliphatic heterocycles. The minimum atomic E-state index is -1.52. The Morgan fingerprint density at radius 2 is 2.10 bits per heavy atom. The average Bonchev–Trinajstić information content (AvgIpc) is 2.39. The second-order valence-electron chi connectivity index (χ2n) is 4.92. The third kappa shape index (κ3) is 4.38. The fraction of sp³-hybridized carbons (Fsp3) is 0.462. The highest BCUT2D eigenvalue weighted by atomic mass is 19.1. The number of nitro benzene ring substituents is 1. The Morgan fingerprint density at radius 3 is 2.57 bits per heavy atom. The normalized spacial score (nSPS) is 11.2. The van der Waals surface area contributed by atoms with E-state index in [-0.39, 0.29) is 12.4 Å². The van der Waals surface area contributed by atoms with E-state index in [2.05, 4.69) is 0 Å². The average molecular weight is 301 g/mol. The largest absolute Gasteiger partial charge is 0.490 e. The second-order valence-corrected chi connectivity index (χ2v) is 4.92. The summed E-state index contributed by atoms with van der Waals surface area (Å²) < 4.78 is 24.0. The predicted octanol–water partition coefficient (Wildman–Crippen LogP) is 2.63. The van der Waals surface area contributed by atoms with Crippen LogP contribution in [0.3, 0.4) is 0 Å². The summed E-state index contributed by atoms with van der Waals surface area (Å²) in [6.07, 6.45) is 0.433. The number of hydrogen-bond donors (Lipinski definition) is 1. The third-order valence-electron chi connectivity index (χ3n) is 2.99. The van der Waals surface area contributed by atoms with Crippen molar-refractivity contribution in [2.24, 2.45) is 0 Å². The lowest BCUT2D eigenvalue weighted by Gasteiger charge is -2.22. The van der Waals surface area contributed by atoms with Gasteiger partial charge in [-0.25, -0.2) is 9.18 Å². The SMILES string of the molecule is COC(C)(C)CCOc1cc(C(=O)O)c([N+](=O)[O-])cc1F.